The topological polar surface area (TPSA) is 20.2 Å². The molecule has 0 spiro atoms. The summed E-state index contributed by atoms with van der Waals surface area (Å²) in [6, 6.07) is 0. The van der Waals surface area contributed by atoms with Gasteiger partial charge in [-0.3, -0.25) is 0 Å². The van der Waals surface area contributed by atoms with Crippen LogP contribution in [0.2, 0.25) is 0 Å². The fourth-order valence-electron chi connectivity index (χ4n) is 2.20. The molecule has 0 aliphatic carbocycles. The van der Waals surface area contributed by atoms with Gasteiger partial charge in [-0.2, -0.15) is 0 Å². The molecule has 0 rings (SSSR count). The van der Waals surface area contributed by atoms with E-state index in [-0.39, 0.29) is 0 Å². The molecule has 0 saturated heterocycles. The van der Waals surface area contributed by atoms with Gasteiger partial charge in [0, 0.05) is 11.8 Å². The van der Waals surface area contributed by atoms with E-state index in [0.29, 0.717) is 0 Å². The van der Waals surface area contributed by atoms with Gasteiger partial charge in [0.1, 0.15) is 6.10 Å². The molecule has 0 heterocycles. The number of rotatable bonds is 13. The molecule has 0 aliphatic rings. The average Bonchev–Trinajstić information content (AvgIpc) is 2.46. The summed E-state index contributed by atoms with van der Waals surface area (Å²) in [6.45, 7) is 2.14. The molecule has 1 atom stereocenters. The van der Waals surface area contributed by atoms with Crippen LogP contribution < -0.4 is 0 Å². The molecular formula is C18H33BrO. The summed E-state index contributed by atoms with van der Waals surface area (Å²) in [6.07, 6.45) is 15.7. The molecule has 118 valence electrons. The quantitative estimate of drug-likeness (QED) is 0.253. The second-order valence-electron chi connectivity index (χ2n) is 5.60. The van der Waals surface area contributed by atoms with E-state index >= 15 is 0 Å². The molecule has 2 heteroatoms. The van der Waals surface area contributed by atoms with Gasteiger partial charge in [-0.25, -0.2) is 0 Å². The molecule has 1 nitrogen and oxygen atoms in total. The Morgan fingerprint density at radius 3 is 1.95 bits per heavy atom. The van der Waals surface area contributed by atoms with Crippen LogP contribution in [0.25, 0.3) is 0 Å². The summed E-state index contributed by atoms with van der Waals surface area (Å²) in [7, 11) is 0. The Hall–Kier alpha value is 0. The highest BCUT2D eigenvalue weighted by Gasteiger charge is 1.96. The Morgan fingerprint density at radius 2 is 1.40 bits per heavy atom. The van der Waals surface area contributed by atoms with Crippen molar-refractivity contribution < 1.29 is 5.11 Å². The molecule has 0 radical (unpaired) electrons. The van der Waals surface area contributed by atoms with Crippen molar-refractivity contribution in [3.8, 4) is 11.8 Å². The number of aliphatic hydroxyl groups is 1. The maximum Gasteiger partial charge on any atom is 0.114 e. The predicted octanol–water partition coefficient (Wildman–Crippen LogP) is 5.84. The number of alkyl halides is 1. The van der Waals surface area contributed by atoms with Crippen LogP contribution in [0.1, 0.15) is 90.4 Å². The van der Waals surface area contributed by atoms with Gasteiger partial charge in [0.2, 0.25) is 0 Å². The highest BCUT2D eigenvalue weighted by atomic mass is 79.9. The standard InChI is InChI=1S/C18H33BrO/c1-2-3-15-18(20)16-13-11-9-7-5-4-6-8-10-12-14-17-19/h18,20H,2-12,14-15,17H2,1H3. The molecule has 0 amide bonds. The number of hydrogen-bond acceptors (Lipinski definition) is 1. The summed E-state index contributed by atoms with van der Waals surface area (Å²) in [5, 5.41) is 10.7. The first kappa shape index (κ1) is 20.0. The molecule has 0 aromatic rings. The summed E-state index contributed by atoms with van der Waals surface area (Å²) < 4.78 is 0. The Balaban J connectivity index is 3.18. The lowest BCUT2D eigenvalue weighted by Gasteiger charge is -2.01. The molecular weight excluding hydrogens is 312 g/mol. The van der Waals surface area contributed by atoms with Crippen molar-refractivity contribution in [2.24, 2.45) is 0 Å². The zero-order valence-electron chi connectivity index (χ0n) is 13.3. The Bertz CT molecular complexity index is 242. The SMILES string of the molecule is CCCCC(O)C#CCCCCCCCCCCCBr. The number of aliphatic hydroxyl groups excluding tert-OH is 1. The molecule has 0 aromatic heterocycles. The van der Waals surface area contributed by atoms with Crippen LogP contribution in [-0.2, 0) is 0 Å². The normalized spacial score (nSPS) is 11.9. The van der Waals surface area contributed by atoms with Crippen molar-refractivity contribution in [1.82, 2.24) is 0 Å². The molecule has 0 bridgehead atoms. The van der Waals surface area contributed by atoms with Crippen molar-refractivity contribution in [3.63, 3.8) is 0 Å². The summed E-state index contributed by atoms with van der Waals surface area (Å²) in [5.74, 6) is 6.06. The minimum Gasteiger partial charge on any atom is -0.380 e. The van der Waals surface area contributed by atoms with Crippen LogP contribution >= 0.6 is 15.9 Å². The van der Waals surface area contributed by atoms with Crippen molar-refractivity contribution >= 4 is 15.9 Å². The molecule has 0 aromatic carbocycles. The first-order valence-electron chi connectivity index (χ1n) is 8.53. The van der Waals surface area contributed by atoms with Gasteiger partial charge in [-0.05, 0) is 19.3 Å². The van der Waals surface area contributed by atoms with E-state index in [1.165, 1.54) is 57.8 Å². The first-order valence-corrected chi connectivity index (χ1v) is 9.65. The second kappa shape index (κ2) is 17.1. The van der Waals surface area contributed by atoms with E-state index in [1.54, 1.807) is 0 Å². The smallest absolute Gasteiger partial charge is 0.114 e. The molecule has 0 saturated carbocycles. The summed E-state index contributed by atoms with van der Waals surface area (Å²) >= 11 is 3.47. The lowest BCUT2D eigenvalue weighted by atomic mass is 10.1. The van der Waals surface area contributed by atoms with Gasteiger partial charge in [0.05, 0.1) is 0 Å². The molecule has 1 N–H and O–H groups in total. The largest absolute Gasteiger partial charge is 0.380 e. The Labute approximate surface area is 135 Å². The number of halogens is 1. The fraction of sp³-hybridized carbons (Fsp3) is 0.889. The fourth-order valence-corrected chi connectivity index (χ4v) is 2.60. The predicted molar refractivity (Wildman–Crippen MR) is 93.3 cm³/mol. The molecule has 0 fully saturated rings. The lowest BCUT2D eigenvalue weighted by Crippen LogP contribution is -2.01. The maximum absolute atomic E-state index is 9.57. The third-order valence-corrected chi connectivity index (χ3v) is 4.10. The van der Waals surface area contributed by atoms with Crippen LogP contribution in [0.15, 0.2) is 0 Å². The van der Waals surface area contributed by atoms with E-state index in [9.17, 15) is 5.11 Å². The van der Waals surface area contributed by atoms with Crippen LogP contribution in [-0.4, -0.2) is 16.5 Å². The Morgan fingerprint density at radius 1 is 0.850 bits per heavy atom. The maximum atomic E-state index is 9.57. The highest BCUT2D eigenvalue weighted by Crippen LogP contribution is 2.10. The number of unbranched alkanes of at least 4 members (excludes halogenated alkanes) is 10. The van der Waals surface area contributed by atoms with E-state index < -0.39 is 6.10 Å². The van der Waals surface area contributed by atoms with Gasteiger partial charge in [0.15, 0.2) is 0 Å². The first-order chi connectivity index (χ1) is 9.81. The van der Waals surface area contributed by atoms with E-state index in [4.69, 9.17) is 0 Å². The van der Waals surface area contributed by atoms with Crippen LogP contribution in [0, 0.1) is 11.8 Å². The lowest BCUT2D eigenvalue weighted by molar-refractivity contribution is 0.218. The van der Waals surface area contributed by atoms with E-state index in [0.717, 1.165) is 31.0 Å². The van der Waals surface area contributed by atoms with Crippen LogP contribution in [0.4, 0.5) is 0 Å². The highest BCUT2D eigenvalue weighted by molar-refractivity contribution is 9.09. The minimum absolute atomic E-state index is 0.394. The van der Waals surface area contributed by atoms with Gasteiger partial charge >= 0.3 is 0 Å². The van der Waals surface area contributed by atoms with Crippen LogP contribution in [0.5, 0.6) is 0 Å². The van der Waals surface area contributed by atoms with Crippen molar-refractivity contribution in [3.05, 3.63) is 0 Å². The van der Waals surface area contributed by atoms with Gasteiger partial charge < -0.3 is 5.11 Å². The second-order valence-corrected chi connectivity index (χ2v) is 6.39. The van der Waals surface area contributed by atoms with Gasteiger partial charge in [0.25, 0.3) is 0 Å². The molecule has 1 unspecified atom stereocenters. The molecule has 0 aliphatic heterocycles. The van der Waals surface area contributed by atoms with Crippen LogP contribution in [0.3, 0.4) is 0 Å². The molecule has 20 heavy (non-hydrogen) atoms. The zero-order chi connectivity index (χ0) is 14.9. The van der Waals surface area contributed by atoms with E-state index in [2.05, 4.69) is 34.7 Å². The zero-order valence-corrected chi connectivity index (χ0v) is 14.9. The van der Waals surface area contributed by atoms with Gasteiger partial charge in [-0.15, -0.1) is 5.92 Å². The summed E-state index contributed by atoms with van der Waals surface area (Å²) in [5.41, 5.74) is 0. The minimum atomic E-state index is -0.394. The monoisotopic (exact) mass is 344 g/mol. The van der Waals surface area contributed by atoms with Crippen molar-refractivity contribution in [1.29, 1.82) is 0 Å². The van der Waals surface area contributed by atoms with Gasteiger partial charge in [-0.1, -0.05) is 86.6 Å². The number of hydrogen-bond donors (Lipinski definition) is 1. The van der Waals surface area contributed by atoms with Crippen molar-refractivity contribution in [2.75, 3.05) is 5.33 Å². The average molecular weight is 345 g/mol. The van der Waals surface area contributed by atoms with Crippen molar-refractivity contribution in [2.45, 2.75) is 96.5 Å². The van der Waals surface area contributed by atoms with E-state index in [1.807, 2.05) is 0 Å². The third kappa shape index (κ3) is 16.1. The Kier molecular flexibility index (Phi) is 17.1. The third-order valence-electron chi connectivity index (χ3n) is 3.54. The summed E-state index contributed by atoms with van der Waals surface area (Å²) in [4.78, 5) is 0.